The topological polar surface area (TPSA) is 61.8 Å². The lowest BCUT2D eigenvalue weighted by molar-refractivity contribution is -0.196. The zero-order chi connectivity index (χ0) is 22.6. The molecule has 0 aromatic heterocycles. The molecule has 182 valence electrons. The van der Waals surface area contributed by atoms with Crippen LogP contribution in [0.4, 0.5) is 0 Å². The molecule has 2 fully saturated rings. The Morgan fingerprint density at radius 3 is 2.78 bits per heavy atom. The van der Waals surface area contributed by atoms with Gasteiger partial charge >= 0.3 is 5.97 Å². The van der Waals surface area contributed by atoms with Crippen molar-refractivity contribution in [3.05, 3.63) is 12.2 Å². The molecule has 3 aliphatic rings. The van der Waals surface area contributed by atoms with Crippen LogP contribution >= 0.6 is 0 Å². The highest BCUT2D eigenvalue weighted by molar-refractivity contribution is 5.78. The largest absolute Gasteiger partial charge is 0.462 e. The smallest absolute Gasteiger partial charge is 0.306 e. The molecule has 0 amide bonds. The minimum atomic E-state index is -0.160. The van der Waals surface area contributed by atoms with E-state index in [1.54, 1.807) is 0 Å². The van der Waals surface area contributed by atoms with Crippen LogP contribution in [0.5, 0.6) is 0 Å². The molecule has 0 radical (unpaired) electrons. The van der Waals surface area contributed by atoms with Crippen LogP contribution in [-0.4, -0.2) is 36.9 Å². The maximum Gasteiger partial charge on any atom is 0.306 e. The molecule has 0 N–H and O–H groups in total. The van der Waals surface area contributed by atoms with E-state index in [4.69, 9.17) is 14.2 Å². The van der Waals surface area contributed by atoms with Gasteiger partial charge in [-0.1, -0.05) is 44.8 Å². The summed E-state index contributed by atoms with van der Waals surface area (Å²) >= 11 is 0. The predicted octanol–water partition coefficient (Wildman–Crippen LogP) is 6.29. The third-order valence-electron chi connectivity index (χ3n) is 7.36. The second-order valence-electron chi connectivity index (χ2n) is 9.90. The first-order valence-electron chi connectivity index (χ1n) is 13.3. The summed E-state index contributed by atoms with van der Waals surface area (Å²) in [6.45, 7) is 2.96. The lowest BCUT2D eigenvalue weighted by Crippen LogP contribution is -2.31. The molecule has 32 heavy (non-hydrogen) atoms. The number of Topliss-reactive ketones (excluding diaryl/α,β-unsaturated/α-hetero) is 1. The number of fused-ring (bicyclic) bond motifs is 1. The van der Waals surface area contributed by atoms with Gasteiger partial charge in [-0.2, -0.15) is 0 Å². The van der Waals surface area contributed by atoms with E-state index in [0.29, 0.717) is 25.0 Å². The summed E-state index contributed by atoms with van der Waals surface area (Å²) in [5, 5.41) is 0. The lowest BCUT2D eigenvalue weighted by atomic mass is 9.85. The molecule has 1 saturated heterocycles. The van der Waals surface area contributed by atoms with Crippen molar-refractivity contribution in [3.8, 4) is 0 Å². The van der Waals surface area contributed by atoms with Gasteiger partial charge in [0.25, 0.3) is 0 Å². The van der Waals surface area contributed by atoms with Crippen molar-refractivity contribution in [2.24, 2.45) is 11.8 Å². The van der Waals surface area contributed by atoms with Crippen molar-refractivity contribution in [1.82, 2.24) is 0 Å². The summed E-state index contributed by atoms with van der Waals surface area (Å²) in [5.41, 5.74) is 0. The van der Waals surface area contributed by atoms with Gasteiger partial charge in [0, 0.05) is 38.2 Å². The molecule has 0 aromatic rings. The Labute approximate surface area is 194 Å². The number of ether oxygens (including phenoxy) is 3. The third kappa shape index (κ3) is 8.30. The fourth-order valence-electron chi connectivity index (χ4n) is 5.50. The van der Waals surface area contributed by atoms with Crippen LogP contribution in [0.25, 0.3) is 0 Å². The van der Waals surface area contributed by atoms with Crippen LogP contribution in [0.2, 0.25) is 0 Å². The SMILES string of the molecule is CCCCCCCC(=O)CCC1C(OC2CCCCO2)CC2OC(=O)CCC/C=C\CC21. The van der Waals surface area contributed by atoms with Gasteiger partial charge in [-0.25, -0.2) is 0 Å². The van der Waals surface area contributed by atoms with Crippen LogP contribution in [-0.2, 0) is 23.8 Å². The molecule has 5 heteroatoms. The van der Waals surface area contributed by atoms with E-state index < -0.39 is 0 Å². The van der Waals surface area contributed by atoms with Gasteiger partial charge in [0.2, 0.25) is 0 Å². The van der Waals surface area contributed by atoms with E-state index in [9.17, 15) is 9.59 Å². The first kappa shape index (κ1) is 25.4. The summed E-state index contributed by atoms with van der Waals surface area (Å²) in [6, 6.07) is 0. The monoisotopic (exact) mass is 448 g/mol. The van der Waals surface area contributed by atoms with E-state index in [-0.39, 0.29) is 36.3 Å². The normalized spacial score (nSPS) is 32.2. The summed E-state index contributed by atoms with van der Waals surface area (Å²) in [5.74, 6) is 0.725. The molecular weight excluding hydrogens is 404 g/mol. The number of carbonyl (C=O) groups is 2. The third-order valence-corrected chi connectivity index (χ3v) is 7.36. The van der Waals surface area contributed by atoms with Crippen LogP contribution in [0.1, 0.15) is 110 Å². The lowest BCUT2D eigenvalue weighted by Gasteiger charge is -2.30. The second-order valence-corrected chi connectivity index (χ2v) is 9.90. The first-order chi connectivity index (χ1) is 15.7. The number of allylic oxidation sites excluding steroid dienone is 2. The van der Waals surface area contributed by atoms with Crippen LogP contribution in [0, 0.1) is 11.8 Å². The van der Waals surface area contributed by atoms with Gasteiger partial charge in [0.15, 0.2) is 6.29 Å². The number of unbranched alkanes of at least 4 members (excludes halogenated alkanes) is 4. The van der Waals surface area contributed by atoms with Crippen molar-refractivity contribution in [3.63, 3.8) is 0 Å². The molecule has 3 rings (SSSR count). The Morgan fingerprint density at radius 1 is 1.09 bits per heavy atom. The van der Waals surface area contributed by atoms with Gasteiger partial charge in [-0.05, 0) is 57.3 Å². The summed E-state index contributed by atoms with van der Waals surface area (Å²) in [7, 11) is 0. The van der Waals surface area contributed by atoms with Crippen molar-refractivity contribution in [1.29, 1.82) is 0 Å². The van der Waals surface area contributed by atoms with Crippen LogP contribution in [0.3, 0.4) is 0 Å². The Balaban J connectivity index is 1.60. The number of ketones is 1. The Hall–Kier alpha value is -1.20. The Morgan fingerprint density at radius 2 is 1.97 bits per heavy atom. The van der Waals surface area contributed by atoms with Crippen molar-refractivity contribution >= 4 is 11.8 Å². The standard InChI is InChI=1S/C27H44O5/c1-2-3-4-5-8-13-21(28)17-18-23-22-14-9-6-7-10-15-26(29)31-24(22)20-25(23)32-27-16-11-12-19-30-27/h6,9,22-25,27H,2-5,7-8,10-20H2,1H3/b9-6-. The van der Waals surface area contributed by atoms with E-state index in [0.717, 1.165) is 70.8 Å². The number of carbonyl (C=O) groups excluding carboxylic acids is 2. The average molecular weight is 449 g/mol. The molecule has 2 heterocycles. The molecule has 1 saturated carbocycles. The van der Waals surface area contributed by atoms with Gasteiger partial charge < -0.3 is 14.2 Å². The van der Waals surface area contributed by atoms with Gasteiger partial charge in [-0.3, -0.25) is 9.59 Å². The van der Waals surface area contributed by atoms with Crippen molar-refractivity contribution in [2.75, 3.05) is 6.61 Å². The Bertz CT molecular complexity index is 595. The van der Waals surface area contributed by atoms with E-state index in [2.05, 4.69) is 19.1 Å². The van der Waals surface area contributed by atoms with E-state index >= 15 is 0 Å². The molecule has 0 aromatic carbocycles. The highest BCUT2D eigenvalue weighted by atomic mass is 16.7. The highest BCUT2D eigenvalue weighted by Crippen LogP contribution is 2.43. The van der Waals surface area contributed by atoms with Gasteiger partial charge in [0.1, 0.15) is 11.9 Å². The summed E-state index contributed by atoms with van der Waals surface area (Å²) in [4.78, 5) is 24.9. The highest BCUT2D eigenvalue weighted by Gasteiger charge is 2.46. The number of hydrogen-bond acceptors (Lipinski definition) is 5. The molecule has 1 aliphatic carbocycles. The molecule has 5 nitrogen and oxygen atoms in total. The summed E-state index contributed by atoms with van der Waals surface area (Å²) < 4.78 is 18.2. The van der Waals surface area contributed by atoms with Gasteiger partial charge in [-0.15, -0.1) is 0 Å². The van der Waals surface area contributed by atoms with Gasteiger partial charge in [0.05, 0.1) is 6.10 Å². The minimum absolute atomic E-state index is 0.00703. The maximum atomic E-state index is 12.6. The molecule has 2 aliphatic heterocycles. The van der Waals surface area contributed by atoms with Crippen LogP contribution < -0.4 is 0 Å². The van der Waals surface area contributed by atoms with Crippen molar-refractivity contribution in [2.45, 2.75) is 128 Å². The maximum absolute atomic E-state index is 12.6. The molecule has 5 atom stereocenters. The number of esters is 1. The summed E-state index contributed by atoms with van der Waals surface area (Å²) in [6.07, 6.45) is 19.1. The zero-order valence-corrected chi connectivity index (χ0v) is 20.1. The second kappa shape index (κ2) is 14.1. The molecule has 0 bridgehead atoms. The average Bonchev–Trinajstić information content (AvgIpc) is 3.10. The zero-order valence-electron chi connectivity index (χ0n) is 20.1. The van der Waals surface area contributed by atoms with Crippen LogP contribution in [0.15, 0.2) is 12.2 Å². The first-order valence-corrected chi connectivity index (χ1v) is 13.3. The quantitative estimate of drug-likeness (QED) is 0.211. The Kier molecular flexibility index (Phi) is 11.2. The minimum Gasteiger partial charge on any atom is -0.462 e. The molecule has 5 unspecified atom stereocenters. The molecular formula is C27H44O5. The van der Waals surface area contributed by atoms with E-state index in [1.165, 1.54) is 19.3 Å². The number of rotatable bonds is 11. The predicted molar refractivity (Wildman–Crippen MR) is 125 cm³/mol. The number of hydrogen-bond donors (Lipinski definition) is 0. The fraction of sp³-hybridized carbons (Fsp3) is 0.852. The van der Waals surface area contributed by atoms with E-state index in [1.807, 2.05) is 0 Å². The van der Waals surface area contributed by atoms with Crippen molar-refractivity contribution < 1.29 is 23.8 Å². The molecule has 0 spiro atoms. The fourth-order valence-corrected chi connectivity index (χ4v) is 5.50.